The van der Waals surface area contributed by atoms with E-state index in [4.69, 9.17) is 23.9 Å². The minimum Gasteiger partial charge on any atom is -0.489 e. The van der Waals surface area contributed by atoms with Crippen LogP contribution in [0.15, 0.2) is 56.9 Å². The number of rotatable bonds is 12. The van der Waals surface area contributed by atoms with Crippen LogP contribution in [0.25, 0.3) is 10.4 Å². The molecule has 0 radical (unpaired) electrons. The number of nitrogens with zero attached hydrogens (tertiary/aromatic N) is 3. The molecular weight excluding hydrogens is 470 g/mol. The Labute approximate surface area is 195 Å². The van der Waals surface area contributed by atoms with Gasteiger partial charge in [-0.2, -0.15) is 8.42 Å². The molecule has 34 heavy (non-hydrogen) atoms. The molecule has 182 valence electrons. The van der Waals surface area contributed by atoms with Crippen LogP contribution in [0.3, 0.4) is 0 Å². The van der Waals surface area contributed by atoms with Crippen molar-refractivity contribution in [2.24, 2.45) is 5.11 Å². The molecule has 0 saturated heterocycles. The monoisotopic (exact) mass is 493 g/mol. The second-order valence-corrected chi connectivity index (χ2v) is 8.44. The highest BCUT2D eigenvalue weighted by molar-refractivity contribution is 7.86. The summed E-state index contributed by atoms with van der Waals surface area (Å²) in [6.45, 7) is 0.910. The van der Waals surface area contributed by atoms with Gasteiger partial charge < -0.3 is 14.2 Å². The second-order valence-electron chi connectivity index (χ2n) is 6.83. The third-order valence-electron chi connectivity index (χ3n) is 4.75. The van der Waals surface area contributed by atoms with Crippen LogP contribution in [-0.4, -0.2) is 59.9 Å². The molecule has 0 fully saturated rings. The van der Waals surface area contributed by atoms with E-state index in [1.807, 2.05) is 0 Å². The van der Waals surface area contributed by atoms with E-state index in [0.29, 0.717) is 0 Å². The summed E-state index contributed by atoms with van der Waals surface area (Å²) < 4.78 is 44.3. The van der Waals surface area contributed by atoms with Crippen molar-refractivity contribution in [2.75, 3.05) is 34.0 Å². The summed E-state index contributed by atoms with van der Waals surface area (Å²) in [6.07, 6.45) is 0.387. The maximum absolute atomic E-state index is 12.6. The summed E-state index contributed by atoms with van der Waals surface area (Å²) in [6, 6.07) is 5.07. The summed E-state index contributed by atoms with van der Waals surface area (Å²) in [5.41, 5.74) is 8.66. The highest BCUT2D eigenvalue weighted by atomic mass is 32.2. The Bertz CT molecular complexity index is 1200. The molecular formula is C21H23N3O9S. The Kier molecular flexibility index (Phi) is 9.36. The Balaban J connectivity index is 1.98. The Morgan fingerprint density at radius 1 is 1.09 bits per heavy atom. The van der Waals surface area contributed by atoms with Crippen LogP contribution in [0.4, 0.5) is 0 Å². The number of ether oxygens (including phenoxy) is 3. The minimum absolute atomic E-state index is 0.0200. The summed E-state index contributed by atoms with van der Waals surface area (Å²) >= 11 is 0. The van der Waals surface area contributed by atoms with Gasteiger partial charge in [-0.25, -0.2) is 4.79 Å². The van der Waals surface area contributed by atoms with Crippen LogP contribution in [0.1, 0.15) is 30.1 Å². The first-order valence-electron chi connectivity index (χ1n) is 9.96. The lowest BCUT2D eigenvalue weighted by atomic mass is 9.90. The van der Waals surface area contributed by atoms with Gasteiger partial charge in [0.25, 0.3) is 10.1 Å². The summed E-state index contributed by atoms with van der Waals surface area (Å²) in [5.74, 6) is -2.03. The van der Waals surface area contributed by atoms with E-state index >= 15 is 0 Å². The molecule has 1 aromatic carbocycles. The molecule has 2 rings (SSSR count). The fourth-order valence-electron chi connectivity index (χ4n) is 3.07. The third-order valence-corrected chi connectivity index (χ3v) is 6.06. The zero-order valence-electron chi connectivity index (χ0n) is 18.8. The SMILES string of the molecule is COC1=C(OC)C(=O)C(CCCOC(=O)c2cccc(S(=O)(=O)OCCN=[N+]=[N-])c2)=C(C)C1=O. The van der Waals surface area contributed by atoms with Crippen LogP contribution in [0, 0.1) is 0 Å². The molecule has 0 unspecified atom stereocenters. The zero-order valence-corrected chi connectivity index (χ0v) is 19.6. The number of benzene rings is 1. The molecule has 1 aromatic rings. The molecule has 0 bridgehead atoms. The lowest BCUT2D eigenvalue weighted by Crippen LogP contribution is -2.25. The number of Topliss-reactive ketones (excluding diaryl/α,β-unsaturated/α-hetero) is 2. The molecule has 12 nitrogen and oxygen atoms in total. The molecule has 0 heterocycles. The summed E-state index contributed by atoms with van der Waals surface area (Å²) in [7, 11) is -1.63. The molecule has 0 aliphatic heterocycles. The number of carbonyl (C=O) groups excluding carboxylic acids is 3. The number of ketones is 2. The molecule has 0 aromatic heterocycles. The maximum atomic E-state index is 12.6. The number of hydrogen-bond acceptors (Lipinski definition) is 10. The van der Waals surface area contributed by atoms with E-state index in [-0.39, 0.29) is 65.7 Å². The molecule has 0 atom stereocenters. The highest BCUT2D eigenvalue weighted by Crippen LogP contribution is 2.28. The summed E-state index contributed by atoms with van der Waals surface area (Å²) in [4.78, 5) is 39.6. The van der Waals surface area contributed by atoms with Crippen molar-refractivity contribution in [2.45, 2.75) is 24.7 Å². The molecule has 13 heteroatoms. The first-order valence-corrected chi connectivity index (χ1v) is 11.4. The lowest BCUT2D eigenvalue weighted by molar-refractivity contribution is -0.121. The molecule has 1 aliphatic carbocycles. The minimum atomic E-state index is -4.16. The third kappa shape index (κ3) is 6.22. The van der Waals surface area contributed by atoms with E-state index in [0.717, 1.165) is 6.07 Å². The quantitative estimate of drug-likeness (QED) is 0.0807. The normalized spacial score (nSPS) is 14.1. The van der Waals surface area contributed by atoms with Gasteiger partial charge in [0.05, 0.1) is 44.4 Å². The van der Waals surface area contributed by atoms with Crippen LogP contribution >= 0.6 is 0 Å². The Hall–Kier alpha value is -3.67. The average Bonchev–Trinajstić information content (AvgIpc) is 2.83. The number of hydrogen-bond donors (Lipinski definition) is 0. The fourth-order valence-corrected chi connectivity index (χ4v) is 4.02. The zero-order chi connectivity index (χ0) is 25.3. The van der Waals surface area contributed by atoms with Crippen molar-refractivity contribution >= 4 is 27.7 Å². The number of methoxy groups -OCH3 is 2. The standard InChI is InChI=1S/C21H23N3O9S/c1-13-16(18(26)20(31-3)19(30-2)17(13)25)8-5-10-32-21(27)14-6-4-7-15(12-14)34(28,29)33-11-9-23-24-22/h4,6-7,12H,5,8-11H2,1-3H3. The van der Waals surface area contributed by atoms with Gasteiger partial charge in [-0.05, 0) is 43.5 Å². The number of azide groups is 1. The van der Waals surface area contributed by atoms with Gasteiger partial charge >= 0.3 is 5.97 Å². The van der Waals surface area contributed by atoms with Gasteiger partial charge in [0.1, 0.15) is 0 Å². The number of carbonyl (C=O) groups is 3. The largest absolute Gasteiger partial charge is 0.489 e. The van der Waals surface area contributed by atoms with Gasteiger partial charge in [-0.3, -0.25) is 13.8 Å². The number of allylic oxidation sites excluding steroid dienone is 2. The van der Waals surface area contributed by atoms with Crippen LogP contribution in [-0.2, 0) is 38.1 Å². The van der Waals surface area contributed by atoms with E-state index in [9.17, 15) is 22.8 Å². The van der Waals surface area contributed by atoms with Gasteiger partial charge in [0, 0.05) is 16.1 Å². The van der Waals surface area contributed by atoms with Crippen molar-refractivity contribution in [3.8, 4) is 0 Å². The Morgan fingerprint density at radius 2 is 1.76 bits per heavy atom. The topological polar surface area (TPSA) is 171 Å². The molecule has 1 aliphatic rings. The molecule has 0 spiro atoms. The maximum Gasteiger partial charge on any atom is 0.338 e. The van der Waals surface area contributed by atoms with Gasteiger partial charge in [-0.15, -0.1) is 0 Å². The molecule has 0 saturated carbocycles. The van der Waals surface area contributed by atoms with Gasteiger partial charge in [-0.1, -0.05) is 11.2 Å². The molecule has 0 N–H and O–H groups in total. The second kappa shape index (κ2) is 12.0. The summed E-state index contributed by atoms with van der Waals surface area (Å²) in [5, 5.41) is 3.18. The predicted octanol–water partition coefficient (Wildman–Crippen LogP) is 2.61. The van der Waals surface area contributed by atoms with Crippen molar-refractivity contribution in [1.82, 2.24) is 0 Å². The van der Waals surface area contributed by atoms with Gasteiger partial charge in [0.2, 0.25) is 23.1 Å². The first kappa shape index (κ1) is 26.6. The number of esters is 1. The van der Waals surface area contributed by atoms with E-state index in [2.05, 4.69) is 10.0 Å². The van der Waals surface area contributed by atoms with Crippen molar-refractivity contribution in [1.29, 1.82) is 0 Å². The Morgan fingerprint density at radius 3 is 2.41 bits per heavy atom. The fraction of sp³-hybridized carbons (Fsp3) is 0.381. The first-order chi connectivity index (χ1) is 16.2. The van der Waals surface area contributed by atoms with Gasteiger partial charge in [0.15, 0.2) is 0 Å². The van der Waals surface area contributed by atoms with E-state index in [1.165, 1.54) is 39.3 Å². The van der Waals surface area contributed by atoms with E-state index < -0.39 is 27.7 Å². The predicted molar refractivity (Wildman–Crippen MR) is 117 cm³/mol. The smallest absolute Gasteiger partial charge is 0.338 e. The van der Waals surface area contributed by atoms with Crippen molar-refractivity contribution < 1.29 is 41.2 Å². The molecule has 0 amide bonds. The van der Waals surface area contributed by atoms with Crippen LogP contribution in [0.5, 0.6) is 0 Å². The van der Waals surface area contributed by atoms with Crippen molar-refractivity contribution in [3.63, 3.8) is 0 Å². The lowest BCUT2D eigenvalue weighted by Gasteiger charge is -2.20. The average molecular weight is 493 g/mol. The van der Waals surface area contributed by atoms with Crippen LogP contribution < -0.4 is 0 Å². The van der Waals surface area contributed by atoms with Crippen molar-refractivity contribution in [3.05, 3.63) is 62.9 Å². The van der Waals surface area contributed by atoms with E-state index in [1.54, 1.807) is 0 Å². The highest BCUT2D eigenvalue weighted by Gasteiger charge is 2.34. The van der Waals surface area contributed by atoms with Crippen LogP contribution in [0.2, 0.25) is 0 Å².